The molecule has 3 aromatic rings. The van der Waals surface area contributed by atoms with Gasteiger partial charge in [-0.3, -0.25) is 0 Å². The number of aromatic nitrogens is 3. The molecule has 3 aromatic heterocycles. The summed E-state index contributed by atoms with van der Waals surface area (Å²) in [4.78, 5) is 25.2. The zero-order chi connectivity index (χ0) is 17.6. The van der Waals surface area contributed by atoms with Crippen molar-refractivity contribution in [2.45, 2.75) is 39.3 Å². The third kappa shape index (κ3) is 3.00. The zero-order valence-corrected chi connectivity index (χ0v) is 15.3. The predicted octanol–water partition coefficient (Wildman–Crippen LogP) is 3.78. The molecule has 0 saturated carbocycles. The first kappa shape index (κ1) is 16.1. The number of hydrogen-bond acceptors (Lipinski definition) is 5. The predicted molar refractivity (Wildman–Crippen MR) is 97.1 cm³/mol. The van der Waals surface area contributed by atoms with Crippen LogP contribution in [-0.2, 0) is 17.7 Å². The van der Waals surface area contributed by atoms with Gasteiger partial charge in [0.25, 0.3) is 0 Å². The standard InChI is InChI=1S/C18H20N4O2S/c1-18(2,3)24-17(23)22-9-6-12-13(10-22)25-16-14(12)15(19-11-20-16)21-7-4-5-8-21/h4-5,7-8,11H,6,9-10H2,1-3H3. The molecule has 0 fully saturated rings. The lowest BCUT2D eigenvalue weighted by molar-refractivity contribution is 0.0227. The van der Waals surface area contributed by atoms with Crippen LogP contribution in [0.3, 0.4) is 0 Å². The molecule has 25 heavy (non-hydrogen) atoms. The Kier molecular flexibility index (Phi) is 3.76. The molecule has 4 rings (SSSR count). The Morgan fingerprint density at radius 3 is 2.72 bits per heavy atom. The van der Waals surface area contributed by atoms with Crippen molar-refractivity contribution in [3.63, 3.8) is 0 Å². The molecule has 6 nitrogen and oxygen atoms in total. The van der Waals surface area contributed by atoms with Crippen LogP contribution in [-0.4, -0.2) is 37.7 Å². The maximum absolute atomic E-state index is 12.4. The summed E-state index contributed by atoms with van der Waals surface area (Å²) in [6.07, 6.45) is 6.11. The SMILES string of the molecule is CC(C)(C)OC(=O)N1CCc2c(sc3ncnc(-n4cccc4)c23)C1. The van der Waals surface area contributed by atoms with Crippen molar-refractivity contribution < 1.29 is 9.53 Å². The first-order valence-corrected chi connectivity index (χ1v) is 9.10. The first-order valence-electron chi connectivity index (χ1n) is 8.29. The van der Waals surface area contributed by atoms with Gasteiger partial charge in [0.15, 0.2) is 0 Å². The van der Waals surface area contributed by atoms with Crippen LogP contribution in [0, 0.1) is 0 Å². The van der Waals surface area contributed by atoms with Gasteiger partial charge in [0.1, 0.15) is 22.6 Å². The quantitative estimate of drug-likeness (QED) is 0.666. The van der Waals surface area contributed by atoms with E-state index in [4.69, 9.17) is 4.74 Å². The van der Waals surface area contributed by atoms with E-state index < -0.39 is 5.60 Å². The fourth-order valence-corrected chi connectivity index (χ4v) is 4.26. The van der Waals surface area contributed by atoms with Crippen molar-refractivity contribution in [3.05, 3.63) is 41.3 Å². The molecule has 0 atom stereocenters. The molecule has 0 radical (unpaired) electrons. The van der Waals surface area contributed by atoms with Crippen LogP contribution in [0.15, 0.2) is 30.9 Å². The second-order valence-electron chi connectivity index (χ2n) is 7.12. The normalized spacial score (nSPS) is 14.6. The van der Waals surface area contributed by atoms with Gasteiger partial charge >= 0.3 is 6.09 Å². The van der Waals surface area contributed by atoms with E-state index in [1.54, 1.807) is 22.6 Å². The third-order valence-electron chi connectivity index (χ3n) is 4.12. The molecular formula is C18H20N4O2S. The van der Waals surface area contributed by atoms with E-state index in [1.807, 2.05) is 49.9 Å². The summed E-state index contributed by atoms with van der Waals surface area (Å²) < 4.78 is 7.52. The van der Waals surface area contributed by atoms with E-state index in [-0.39, 0.29) is 6.09 Å². The monoisotopic (exact) mass is 356 g/mol. The number of amides is 1. The molecule has 0 saturated heterocycles. The highest BCUT2D eigenvalue weighted by molar-refractivity contribution is 7.18. The molecule has 7 heteroatoms. The number of rotatable bonds is 1. The topological polar surface area (TPSA) is 60.2 Å². The van der Waals surface area contributed by atoms with Crippen molar-refractivity contribution in [2.24, 2.45) is 0 Å². The Hall–Kier alpha value is -2.41. The van der Waals surface area contributed by atoms with Crippen molar-refractivity contribution in [1.82, 2.24) is 19.4 Å². The van der Waals surface area contributed by atoms with Crippen molar-refractivity contribution in [3.8, 4) is 5.82 Å². The first-order chi connectivity index (χ1) is 11.9. The lowest BCUT2D eigenvalue weighted by Crippen LogP contribution is -2.39. The van der Waals surface area contributed by atoms with Gasteiger partial charge in [-0.2, -0.15) is 0 Å². The number of hydrogen-bond donors (Lipinski definition) is 0. The largest absolute Gasteiger partial charge is 0.444 e. The summed E-state index contributed by atoms with van der Waals surface area (Å²) >= 11 is 1.64. The number of thiophene rings is 1. The number of nitrogens with zero attached hydrogens (tertiary/aromatic N) is 4. The molecule has 0 aliphatic carbocycles. The van der Waals surface area contributed by atoms with Gasteiger partial charge in [-0.05, 0) is 44.9 Å². The Labute approximate surface area is 150 Å². The third-order valence-corrected chi connectivity index (χ3v) is 5.24. The molecule has 130 valence electrons. The lowest BCUT2D eigenvalue weighted by atomic mass is 10.1. The lowest BCUT2D eigenvalue weighted by Gasteiger charge is -2.30. The minimum Gasteiger partial charge on any atom is -0.444 e. The van der Waals surface area contributed by atoms with Crippen LogP contribution in [0.2, 0.25) is 0 Å². The average Bonchev–Trinajstić information content (AvgIpc) is 3.19. The Bertz CT molecular complexity index is 925. The maximum Gasteiger partial charge on any atom is 0.410 e. The van der Waals surface area contributed by atoms with E-state index in [9.17, 15) is 4.79 Å². The Morgan fingerprint density at radius 1 is 1.24 bits per heavy atom. The van der Waals surface area contributed by atoms with Gasteiger partial charge in [0.2, 0.25) is 0 Å². The summed E-state index contributed by atoms with van der Waals surface area (Å²) in [6.45, 7) is 6.88. The van der Waals surface area contributed by atoms with Gasteiger partial charge in [-0.1, -0.05) is 0 Å². The van der Waals surface area contributed by atoms with Gasteiger partial charge in [0, 0.05) is 23.8 Å². The molecule has 0 N–H and O–H groups in total. The summed E-state index contributed by atoms with van der Waals surface area (Å²) in [6, 6.07) is 3.97. The summed E-state index contributed by atoms with van der Waals surface area (Å²) in [7, 11) is 0. The van der Waals surface area contributed by atoms with Gasteiger partial charge in [0.05, 0.1) is 11.9 Å². The van der Waals surface area contributed by atoms with Crippen molar-refractivity contribution >= 4 is 27.6 Å². The highest BCUT2D eigenvalue weighted by Crippen LogP contribution is 2.36. The van der Waals surface area contributed by atoms with E-state index in [0.29, 0.717) is 13.1 Å². The Balaban J connectivity index is 1.70. The van der Waals surface area contributed by atoms with Crippen molar-refractivity contribution in [1.29, 1.82) is 0 Å². The molecule has 1 amide bonds. The fourth-order valence-electron chi connectivity index (χ4n) is 3.06. The average molecular weight is 356 g/mol. The van der Waals surface area contributed by atoms with Crippen LogP contribution in [0.4, 0.5) is 4.79 Å². The minimum absolute atomic E-state index is 0.257. The van der Waals surface area contributed by atoms with Crippen LogP contribution in [0.1, 0.15) is 31.2 Å². The summed E-state index contributed by atoms with van der Waals surface area (Å²) in [5.41, 5.74) is 0.772. The molecule has 0 aromatic carbocycles. The summed E-state index contributed by atoms with van der Waals surface area (Å²) in [5.74, 6) is 0.901. The highest BCUT2D eigenvalue weighted by Gasteiger charge is 2.29. The smallest absolute Gasteiger partial charge is 0.410 e. The molecule has 0 bridgehead atoms. The number of ether oxygens (including phenoxy) is 1. The zero-order valence-electron chi connectivity index (χ0n) is 14.5. The van der Waals surface area contributed by atoms with Gasteiger partial charge in [-0.15, -0.1) is 11.3 Å². The van der Waals surface area contributed by atoms with Crippen LogP contribution in [0.25, 0.3) is 16.0 Å². The second-order valence-corrected chi connectivity index (χ2v) is 8.21. The number of carbonyl (C=O) groups is 1. The summed E-state index contributed by atoms with van der Waals surface area (Å²) in [5, 5.41) is 1.10. The second kappa shape index (κ2) is 5.84. The van der Waals surface area contributed by atoms with Gasteiger partial charge < -0.3 is 14.2 Å². The molecular weight excluding hydrogens is 336 g/mol. The van der Waals surface area contributed by atoms with Crippen molar-refractivity contribution in [2.75, 3.05) is 6.54 Å². The highest BCUT2D eigenvalue weighted by atomic mass is 32.1. The van der Waals surface area contributed by atoms with E-state index in [0.717, 1.165) is 22.5 Å². The number of carbonyl (C=O) groups excluding carboxylic acids is 1. The molecule has 4 heterocycles. The maximum atomic E-state index is 12.4. The van der Waals surface area contributed by atoms with Crippen LogP contribution >= 0.6 is 11.3 Å². The Morgan fingerprint density at radius 2 is 2.00 bits per heavy atom. The molecule has 1 aliphatic heterocycles. The van der Waals surface area contributed by atoms with Gasteiger partial charge in [-0.25, -0.2) is 14.8 Å². The molecule has 0 unspecified atom stereocenters. The van der Waals surface area contributed by atoms with E-state index in [1.165, 1.54) is 10.4 Å². The minimum atomic E-state index is -0.482. The van der Waals surface area contributed by atoms with Crippen LogP contribution in [0.5, 0.6) is 0 Å². The van der Waals surface area contributed by atoms with E-state index >= 15 is 0 Å². The fraction of sp³-hybridized carbons (Fsp3) is 0.389. The molecule has 1 aliphatic rings. The van der Waals surface area contributed by atoms with Crippen LogP contribution < -0.4 is 0 Å². The number of fused-ring (bicyclic) bond motifs is 3. The van der Waals surface area contributed by atoms with E-state index in [2.05, 4.69) is 9.97 Å². The molecule has 0 spiro atoms.